The van der Waals surface area contributed by atoms with Crippen LogP contribution in [0, 0.1) is 6.92 Å². The highest BCUT2D eigenvalue weighted by Gasteiger charge is 2.28. The van der Waals surface area contributed by atoms with Crippen molar-refractivity contribution in [2.45, 2.75) is 19.4 Å². The molecule has 88 valence electrons. The molecule has 1 aromatic heterocycles. The van der Waals surface area contributed by atoms with Gasteiger partial charge >= 0.3 is 5.69 Å². The number of aromatic nitrogens is 3. The third kappa shape index (κ3) is 1.90. The third-order valence-electron chi connectivity index (χ3n) is 2.17. The maximum Gasteiger partial charge on any atom is 0.347 e. The van der Waals surface area contributed by atoms with Crippen molar-refractivity contribution in [3.05, 3.63) is 26.5 Å². The van der Waals surface area contributed by atoms with E-state index in [1.807, 2.05) is 0 Å². The quantitative estimate of drug-likeness (QED) is 0.613. The molecule has 8 nitrogen and oxygen atoms in total. The van der Waals surface area contributed by atoms with Gasteiger partial charge in [0, 0.05) is 0 Å². The Hall–Kier alpha value is -1.51. The van der Waals surface area contributed by atoms with E-state index in [1.165, 1.54) is 6.92 Å². The molecule has 8 heteroatoms. The SMILES string of the molecule is Cc1nn([C@H]2CO[C@H](CO)O2)c(=O)[nH]c1=O. The van der Waals surface area contributed by atoms with Gasteiger partial charge in [0.1, 0.15) is 5.69 Å². The van der Waals surface area contributed by atoms with Crippen molar-refractivity contribution in [2.24, 2.45) is 0 Å². The summed E-state index contributed by atoms with van der Waals surface area (Å²) in [6, 6.07) is 0. The Bertz CT molecular complexity index is 493. The topological polar surface area (TPSA) is 106 Å². The number of hydrogen-bond acceptors (Lipinski definition) is 6. The van der Waals surface area contributed by atoms with Crippen molar-refractivity contribution in [3.63, 3.8) is 0 Å². The fourth-order valence-electron chi connectivity index (χ4n) is 1.36. The summed E-state index contributed by atoms with van der Waals surface area (Å²) in [6.07, 6.45) is -1.48. The smallest absolute Gasteiger partial charge is 0.347 e. The number of rotatable bonds is 2. The van der Waals surface area contributed by atoms with Crippen molar-refractivity contribution in [1.29, 1.82) is 0 Å². The van der Waals surface area contributed by atoms with E-state index in [-0.39, 0.29) is 18.9 Å². The molecule has 1 saturated heterocycles. The maximum absolute atomic E-state index is 11.4. The number of nitrogens with one attached hydrogen (secondary N) is 1. The fourth-order valence-corrected chi connectivity index (χ4v) is 1.36. The van der Waals surface area contributed by atoms with Crippen LogP contribution in [0.3, 0.4) is 0 Å². The first kappa shape index (κ1) is 11.0. The van der Waals surface area contributed by atoms with Crippen LogP contribution >= 0.6 is 0 Å². The molecule has 0 saturated carbocycles. The normalized spacial score (nSPS) is 24.9. The number of hydrogen-bond donors (Lipinski definition) is 2. The predicted molar refractivity (Wildman–Crippen MR) is 50.8 cm³/mol. The van der Waals surface area contributed by atoms with E-state index < -0.39 is 23.8 Å². The van der Waals surface area contributed by atoms with Gasteiger partial charge in [0.05, 0.1) is 13.2 Å². The summed E-state index contributed by atoms with van der Waals surface area (Å²) in [5.41, 5.74) is -1.03. The number of nitrogens with zero attached hydrogens (tertiary/aromatic N) is 2. The van der Waals surface area contributed by atoms with Crippen LogP contribution in [0.2, 0.25) is 0 Å². The van der Waals surface area contributed by atoms with Crippen LogP contribution in [-0.4, -0.2) is 39.4 Å². The zero-order valence-corrected chi connectivity index (χ0v) is 8.54. The lowest BCUT2D eigenvalue weighted by Crippen LogP contribution is -2.37. The average Bonchev–Trinajstić information content (AvgIpc) is 2.71. The van der Waals surface area contributed by atoms with Gasteiger partial charge in [-0.25, -0.2) is 4.79 Å². The highest BCUT2D eigenvalue weighted by Crippen LogP contribution is 2.17. The number of aryl methyl sites for hydroxylation is 1. The van der Waals surface area contributed by atoms with Crippen molar-refractivity contribution in [2.75, 3.05) is 13.2 Å². The molecule has 2 heterocycles. The van der Waals surface area contributed by atoms with Gasteiger partial charge in [-0.15, -0.1) is 0 Å². The molecular weight excluding hydrogens is 218 g/mol. The van der Waals surface area contributed by atoms with E-state index in [2.05, 4.69) is 10.1 Å². The summed E-state index contributed by atoms with van der Waals surface area (Å²) in [6.45, 7) is 1.28. The Morgan fingerprint density at radius 2 is 2.38 bits per heavy atom. The monoisotopic (exact) mass is 229 g/mol. The Labute approximate surface area is 89.4 Å². The molecule has 1 aliphatic rings. The Morgan fingerprint density at radius 3 is 3.00 bits per heavy atom. The first-order chi connectivity index (χ1) is 7.61. The van der Waals surface area contributed by atoms with Crippen LogP contribution in [0.5, 0.6) is 0 Å². The van der Waals surface area contributed by atoms with Gasteiger partial charge in [-0.3, -0.25) is 9.78 Å². The molecule has 1 aromatic rings. The predicted octanol–water partition coefficient (Wildman–Crippen LogP) is -1.90. The van der Waals surface area contributed by atoms with Gasteiger partial charge in [-0.05, 0) is 6.92 Å². The van der Waals surface area contributed by atoms with Crippen molar-refractivity contribution in [1.82, 2.24) is 14.8 Å². The highest BCUT2D eigenvalue weighted by atomic mass is 16.7. The second kappa shape index (κ2) is 4.16. The molecule has 0 unspecified atom stereocenters. The lowest BCUT2D eigenvalue weighted by Gasteiger charge is -2.10. The zero-order valence-electron chi connectivity index (χ0n) is 8.54. The second-order valence-corrected chi connectivity index (χ2v) is 3.33. The van der Waals surface area contributed by atoms with Crippen LogP contribution in [-0.2, 0) is 9.47 Å². The summed E-state index contributed by atoms with van der Waals surface area (Å²) in [7, 11) is 0. The van der Waals surface area contributed by atoms with Gasteiger partial charge in [0.15, 0.2) is 12.5 Å². The van der Waals surface area contributed by atoms with Gasteiger partial charge < -0.3 is 14.6 Å². The van der Waals surface area contributed by atoms with E-state index in [1.54, 1.807) is 0 Å². The number of ether oxygens (including phenoxy) is 2. The molecule has 1 fully saturated rings. The number of aromatic amines is 1. The summed E-state index contributed by atoms with van der Waals surface area (Å²) in [5, 5.41) is 12.6. The molecule has 1 aliphatic heterocycles. The van der Waals surface area contributed by atoms with Crippen LogP contribution in [0.1, 0.15) is 11.9 Å². The molecule has 2 N–H and O–H groups in total. The van der Waals surface area contributed by atoms with Crippen LogP contribution in [0.15, 0.2) is 9.59 Å². The van der Waals surface area contributed by atoms with E-state index in [9.17, 15) is 9.59 Å². The number of aliphatic hydroxyl groups excluding tert-OH is 1. The summed E-state index contributed by atoms with van der Waals surface area (Å²) in [5.74, 6) is 0. The Balaban J connectivity index is 2.32. The molecule has 0 aromatic carbocycles. The second-order valence-electron chi connectivity index (χ2n) is 3.33. The Morgan fingerprint density at radius 1 is 1.62 bits per heavy atom. The minimum Gasteiger partial charge on any atom is -0.391 e. The zero-order chi connectivity index (χ0) is 11.7. The molecule has 2 rings (SSSR count). The van der Waals surface area contributed by atoms with Crippen molar-refractivity contribution >= 4 is 0 Å². The molecule has 16 heavy (non-hydrogen) atoms. The minimum atomic E-state index is -0.758. The average molecular weight is 229 g/mol. The molecule has 2 atom stereocenters. The van der Waals surface area contributed by atoms with E-state index in [4.69, 9.17) is 14.6 Å². The molecule has 0 spiro atoms. The van der Waals surface area contributed by atoms with Gasteiger partial charge in [-0.2, -0.15) is 9.78 Å². The largest absolute Gasteiger partial charge is 0.391 e. The minimum absolute atomic E-state index is 0.101. The first-order valence-corrected chi connectivity index (χ1v) is 4.69. The Kier molecular flexibility index (Phi) is 2.86. The molecule has 0 radical (unpaired) electrons. The first-order valence-electron chi connectivity index (χ1n) is 4.69. The van der Waals surface area contributed by atoms with Crippen LogP contribution in [0.25, 0.3) is 0 Å². The number of aliphatic hydroxyl groups is 1. The van der Waals surface area contributed by atoms with Gasteiger partial charge in [-0.1, -0.05) is 0 Å². The van der Waals surface area contributed by atoms with E-state index in [0.29, 0.717) is 0 Å². The third-order valence-corrected chi connectivity index (χ3v) is 2.17. The van der Waals surface area contributed by atoms with Crippen molar-refractivity contribution in [3.8, 4) is 0 Å². The lowest BCUT2D eigenvalue weighted by atomic mass is 10.5. The van der Waals surface area contributed by atoms with Crippen molar-refractivity contribution < 1.29 is 14.6 Å². The van der Waals surface area contributed by atoms with Crippen LogP contribution in [0.4, 0.5) is 0 Å². The number of H-pyrrole nitrogens is 1. The lowest BCUT2D eigenvalue weighted by molar-refractivity contribution is -0.101. The fraction of sp³-hybridized carbons (Fsp3) is 0.625. The molecule has 0 bridgehead atoms. The molecule has 0 aliphatic carbocycles. The highest BCUT2D eigenvalue weighted by molar-refractivity contribution is 4.88. The standard InChI is InChI=1S/C8H11N3O5/c1-4-7(13)9-8(14)11(10-4)5-3-15-6(2-12)16-5/h5-6,12H,2-3H2,1H3,(H,9,13,14)/t5-,6+/m1/s1. The maximum atomic E-state index is 11.4. The van der Waals surface area contributed by atoms with Gasteiger partial charge in [0.25, 0.3) is 5.56 Å². The molecular formula is C8H11N3O5. The van der Waals surface area contributed by atoms with Crippen LogP contribution < -0.4 is 11.2 Å². The van der Waals surface area contributed by atoms with Gasteiger partial charge in [0.2, 0.25) is 0 Å². The summed E-state index contributed by atoms with van der Waals surface area (Å²) < 4.78 is 11.2. The molecule has 0 amide bonds. The van der Waals surface area contributed by atoms with E-state index >= 15 is 0 Å². The summed E-state index contributed by atoms with van der Waals surface area (Å²) in [4.78, 5) is 24.6. The summed E-state index contributed by atoms with van der Waals surface area (Å²) >= 11 is 0. The van der Waals surface area contributed by atoms with E-state index in [0.717, 1.165) is 4.68 Å².